The van der Waals surface area contributed by atoms with E-state index >= 15 is 0 Å². The summed E-state index contributed by atoms with van der Waals surface area (Å²) in [6.45, 7) is 4.51. The molecule has 2 rings (SSSR count). The molecule has 2 fully saturated rings. The number of urea groups is 1. The van der Waals surface area contributed by atoms with Crippen LogP contribution in [0.15, 0.2) is 0 Å². The Morgan fingerprint density at radius 1 is 1.10 bits per heavy atom. The summed E-state index contributed by atoms with van der Waals surface area (Å²) < 4.78 is 0. The van der Waals surface area contributed by atoms with E-state index in [0.717, 1.165) is 45.2 Å². The highest BCUT2D eigenvalue weighted by Crippen LogP contribution is 2.30. The van der Waals surface area contributed by atoms with Crippen LogP contribution in [0.1, 0.15) is 51.9 Å². The summed E-state index contributed by atoms with van der Waals surface area (Å²) in [6, 6.07) is 0.0594. The Morgan fingerprint density at radius 3 is 2.24 bits per heavy atom. The van der Waals surface area contributed by atoms with Gasteiger partial charge in [0.1, 0.15) is 0 Å². The molecule has 2 N–H and O–H groups in total. The fourth-order valence-corrected chi connectivity index (χ4v) is 3.11. The first-order chi connectivity index (χ1) is 10.1. The van der Waals surface area contributed by atoms with Crippen molar-refractivity contribution < 1.29 is 14.7 Å². The number of hydrogen-bond acceptors (Lipinski definition) is 2. The van der Waals surface area contributed by atoms with Crippen molar-refractivity contribution in [2.45, 2.75) is 51.9 Å². The second kappa shape index (κ2) is 7.66. The number of nitrogens with zero attached hydrogens (tertiary/aromatic N) is 1. The summed E-state index contributed by atoms with van der Waals surface area (Å²) in [4.78, 5) is 25.1. The van der Waals surface area contributed by atoms with Gasteiger partial charge in [-0.25, -0.2) is 4.79 Å². The predicted molar refractivity (Wildman–Crippen MR) is 81.1 cm³/mol. The summed E-state index contributed by atoms with van der Waals surface area (Å²) in [5, 5.41) is 12.0. The Kier molecular flexibility index (Phi) is 5.88. The van der Waals surface area contributed by atoms with E-state index in [1.54, 1.807) is 0 Å². The zero-order chi connectivity index (χ0) is 15.2. The van der Waals surface area contributed by atoms with Crippen LogP contribution in [0.25, 0.3) is 0 Å². The van der Waals surface area contributed by atoms with Crippen molar-refractivity contribution >= 4 is 12.0 Å². The molecule has 0 aromatic heterocycles. The van der Waals surface area contributed by atoms with Gasteiger partial charge < -0.3 is 15.3 Å². The molecule has 2 amide bonds. The van der Waals surface area contributed by atoms with Crippen LogP contribution in [0.4, 0.5) is 4.79 Å². The second-order valence-corrected chi connectivity index (χ2v) is 6.63. The highest BCUT2D eigenvalue weighted by molar-refractivity contribution is 5.74. The van der Waals surface area contributed by atoms with E-state index < -0.39 is 5.97 Å². The predicted octanol–water partition coefficient (Wildman–Crippen LogP) is 2.71. The van der Waals surface area contributed by atoms with Gasteiger partial charge in [0, 0.05) is 19.6 Å². The van der Waals surface area contributed by atoms with Crippen LogP contribution < -0.4 is 5.32 Å². The van der Waals surface area contributed by atoms with E-state index in [0.29, 0.717) is 18.4 Å². The molecule has 0 aromatic carbocycles. The number of amides is 2. The minimum Gasteiger partial charge on any atom is -0.481 e. The molecule has 0 heterocycles. The zero-order valence-electron chi connectivity index (χ0n) is 13.0. The molecule has 0 aromatic rings. The number of carbonyl (C=O) groups is 2. The number of carboxylic acid groups (broad SMARTS) is 1. The van der Waals surface area contributed by atoms with E-state index in [4.69, 9.17) is 5.11 Å². The molecule has 5 nitrogen and oxygen atoms in total. The van der Waals surface area contributed by atoms with Crippen molar-refractivity contribution in [3.63, 3.8) is 0 Å². The summed E-state index contributed by atoms with van der Waals surface area (Å²) in [5.74, 6) is 0.307. The van der Waals surface area contributed by atoms with Crippen LogP contribution in [0, 0.1) is 17.8 Å². The number of nitrogens with one attached hydrogen (secondary N) is 1. The van der Waals surface area contributed by atoms with Crippen LogP contribution in [0.3, 0.4) is 0 Å². The molecular weight excluding hydrogens is 268 g/mol. The van der Waals surface area contributed by atoms with E-state index in [1.165, 1.54) is 12.8 Å². The maximum Gasteiger partial charge on any atom is 0.317 e. The summed E-state index contributed by atoms with van der Waals surface area (Å²) >= 11 is 0. The van der Waals surface area contributed by atoms with Gasteiger partial charge in [-0.05, 0) is 56.8 Å². The Morgan fingerprint density at radius 2 is 1.71 bits per heavy atom. The van der Waals surface area contributed by atoms with Crippen LogP contribution >= 0.6 is 0 Å². The molecule has 0 radical (unpaired) electrons. The Hall–Kier alpha value is -1.26. The molecule has 0 unspecified atom stereocenters. The van der Waals surface area contributed by atoms with Gasteiger partial charge in [0.05, 0.1) is 5.92 Å². The molecule has 0 bridgehead atoms. The minimum atomic E-state index is -0.670. The highest BCUT2D eigenvalue weighted by atomic mass is 16.4. The van der Waals surface area contributed by atoms with Crippen molar-refractivity contribution in [1.82, 2.24) is 10.2 Å². The number of aliphatic carboxylic acids is 1. The lowest BCUT2D eigenvalue weighted by Crippen LogP contribution is -2.43. The zero-order valence-corrected chi connectivity index (χ0v) is 13.0. The molecule has 0 aliphatic heterocycles. The third-order valence-electron chi connectivity index (χ3n) is 4.69. The monoisotopic (exact) mass is 296 g/mol. The third-order valence-corrected chi connectivity index (χ3v) is 4.69. The standard InChI is InChI=1S/C16H28N2O3/c1-2-9-18(11-13-3-4-13)16(21)17-10-12-5-7-14(8-6-12)15(19)20/h12-14H,2-11H2,1H3,(H,17,21)(H,19,20). The molecule has 120 valence electrons. The molecule has 0 spiro atoms. The Bertz CT molecular complexity index is 361. The molecular formula is C16H28N2O3. The molecule has 2 aliphatic carbocycles. The highest BCUT2D eigenvalue weighted by Gasteiger charge is 2.28. The van der Waals surface area contributed by atoms with E-state index in [1.807, 2.05) is 4.90 Å². The summed E-state index contributed by atoms with van der Waals surface area (Å²) in [5.41, 5.74) is 0. The number of carboxylic acids is 1. The van der Waals surface area contributed by atoms with Crippen molar-refractivity contribution in [1.29, 1.82) is 0 Å². The van der Waals surface area contributed by atoms with Crippen molar-refractivity contribution in [2.24, 2.45) is 17.8 Å². The molecule has 5 heteroatoms. The maximum absolute atomic E-state index is 12.2. The van der Waals surface area contributed by atoms with Crippen LogP contribution in [0.5, 0.6) is 0 Å². The minimum absolute atomic E-state index is 0.0594. The van der Waals surface area contributed by atoms with Gasteiger partial charge in [0.15, 0.2) is 0 Å². The summed E-state index contributed by atoms with van der Waals surface area (Å²) in [7, 11) is 0. The number of carbonyl (C=O) groups excluding carboxylic acids is 1. The van der Waals surface area contributed by atoms with Gasteiger partial charge >= 0.3 is 12.0 Å². The average Bonchev–Trinajstić information content (AvgIpc) is 3.28. The van der Waals surface area contributed by atoms with Crippen LogP contribution in [-0.2, 0) is 4.79 Å². The van der Waals surface area contributed by atoms with Gasteiger partial charge in [0.2, 0.25) is 0 Å². The van der Waals surface area contributed by atoms with E-state index in [9.17, 15) is 9.59 Å². The van der Waals surface area contributed by atoms with Crippen LogP contribution in [-0.4, -0.2) is 41.6 Å². The SMILES string of the molecule is CCCN(CC1CC1)C(=O)NCC1CCC(C(=O)O)CC1. The lowest BCUT2D eigenvalue weighted by Gasteiger charge is -2.28. The van der Waals surface area contributed by atoms with Gasteiger partial charge in [-0.3, -0.25) is 4.79 Å². The molecule has 0 atom stereocenters. The van der Waals surface area contributed by atoms with Crippen molar-refractivity contribution in [3.05, 3.63) is 0 Å². The number of hydrogen-bond donors (Lipinski definition) is 2. The quantitative estimate of drug-likeness (QED) is 0.759. The first-order valence-corrected chi connectivity index (χ1v) is 8.35. The molecule has 0 saturated heterocycles. The molecule has 21 heavy (non-hydrogen) atoms. The maximum atomic E-state index is 12.2. The van der Waals surface area contributed by atoms with E-state index in [-0.39, 0.29) is 11.9 Å². The number of rotatable bonds is 7. The average molecular weight is 296 g/mol. The first kappa shape index (κ1) is 16.1. The van der Waals surface area contributed by atoms with Gasteiger partial charge in [0.25, 0.3) is 0 Å². The molecule has 2 saturated carbocycles. The normalized spacial score (nSPS) is 25.4. The second-order valence-electron chi connectivity index (χ2n) is 6.63. The van der Waals surface area contributed by atoms with Gasteiger partial charge in [-0.1, -0.05) is 6.92 Å². The Balaban J connectivity index is 1.68. The smallest absolute Gasteiger partial charge is 0.317 e. The molecule has 2 aliphatic rings. The lowest BCUT2D eigenvalue weighted by atomic mass is 9.82. The fourth-order valence-electron chi connectivity index (χ4n) is 3.11. The topological polar surface area (TPSA) is 69.6 Å². The van der Waals surface area contributed by atoms with Gasteiger partial charge in [-0.2, -0.15) is 0 Å². The summed E-state index contributed by atoms with van der Waals surface area (Å²) in [6.07, 6.45) is 6.82. The van der Waals surface area contributed by atoms with Gasteiger partial charge in [-0.15, -0.1) is 0 Å². The fraction of sp³-hybridized carbons (Fsp3) is 0.875. The van der Waals surface area contributed by atoms with Crippen LogP contribution in [0.2, 0.25) is 0 Å². The largest absolute Gasteiger partial charge is 0.481 e. The first-order valence-electron chi connectivity index (χ1n) is 8.35. The van der Waals surface area contributed by atoms with Crippen molar-refractivity contribution in [3.8, 4) is 0 Å². The van der Waals surface area contributed by atoms with Crippen molar-refractivity contribution in [2.75, 3.05) is 19.6 Å². The third kappa shape index (κ3) is 5.21. The Labute approximate surface area is 127 Å². The van der Waals surface area contributed by atoms with E-state index in [2.05, 4.69) is 12.2 Å². The lowest BCUT2D eigenvalue weighted by molar-refractivity contribution is -0.143.